The first kappa shape index (κ1) is 22.3. The molecular weight excluding hydrogens is 476 g/mol. The number of carbonyl (C=O) groups excluding carboxylic acids is 1. The molecule has 1 amide bonds. The molecule has 2 heterocycles. The minimum atomic E-state index is -0.678. The van der Waals surface area contributed by atoms with Gasteiger partial charge in [0.25, 0.3) is 5.56 Å². The van der Waals surface area contributed by atoms with Crippen molar-refractivity contribution < 1.29 is 9.18 Å². The normalized spacial score (nSPS) is 11.2. The van der Waals surface area contributed by atoms with E-state index in [9.17, 15) is 18.8 Å². The quantitative estimate of drug-likeness (QED) is 0.440. The fraction of sp³-hybridized carbons (Fsp3) is 0.136. The Bertz CT molecular complexity index is 1510. The zero-order valence-corrected chi connectivity index (χ0v) is 19.2. The maximum Gasteiger partial charge on any atom is 0.337 e. The number of nitrogens with zero attached hydrogens (tertiary/aromatic N) is 2. The number of hydrogen-bond acceptors (Lipinski definition) is 4. The molecule has 2 aromatic heterocycles. The van der Waals surface area contributed by atoms with Gasteiger partial charge in [-0.2, -0.15) is 0 Å². The van der Waals surface area contributed by atoms with Crippen molar-refractivity contribution in [3.63, 3.8) is 0 Å². The molecule has 0 saturated heterocycles. The van der Waals surface area contributed by atoms with E-state index in [2.05, 4.69) is 5.32 Å². The summed E-state index contributed by atoms with van der Waals surface area (Å²) in [6.07, 6.45) is 0. The molecule has 0 aliphatic carbocycles. The molecule has 4 aromatic rings. The number of nitrogens with one attached hydrogen (secondary N) is 1. The predicted octanol–water partition coefficient (Wildman–Crippen LogP) is 4.92. The summed E-state index contributed by atoms with van der Waals surface area (Å²) in [6, 6.07) is 10.2. The Morgan fingerprint density at radius 1 is 1.12 bits per heavy atom. The van der Waals surface area contributed by atoms with Crippen molar-refractivity contribution in [2.75, 3.05) is 5.32 Å². The Morgan fingerprint density at radius 2 is 1.88 bits per heavy atom. The first-order valence-corrected chi connectivity index (χ1v) is 11.0. The summed E-state index contributed by atoms with van der Waals surface area (Å²) < 4.78 is 16.0. The van der Waals surface area contributed by atoms with E-state index in [1.54, 1.807) is 25.1 Å². The van der Waals surface area contributed by atoms with Gasteiger partial charge in [-0.25, -0.2) is 13.8 Å². The minimum absolute atomic E-state index is 0.0703. The smallest absolute Gasteiger partial charge is 0.324 e. The molecule has 1 N–H and O–H groups in total. The van der Waals surface area contributed by atoms with Crippen LogP contribution in [-0.2, 0) is 11.3 Å². The van der Waals surface area contributed by atoms with Crippen LogP contribution in [0.1, 0.15) is 10.4 Å². The molecule has 10 heteroatoms. The highest BCUT2D eigenvalue weighted by Gasteiger charge is 2.21. The molecule has 0 bridgehead atoms. The van der Waals surface area contributed by atoms with Crippen LogP contribution in [0, 0.1) is 19.7 Å². The summed E-state index contributed by atoms with van der Waals surface area (Å²) in [6.45, 7) is 3.26. The lowest BCUT2D eigenvalue weighted by molar-refractivity contribution is -0.116. The molecule has 2 aromatic carbocycles. The van der Waals surface area contributed by atoms with E-state index in [-0.39, 0.29) is 17.3 Å². The van der Waals surface area contributed by atoms with Crippen LogP contribution in [-0.4, -0.2) is 15.0 Å². The number of anilines is 1. The van der Waals surface area contributed by atoms with E-state index in [4.69, 9.17) is 23.2 Å². The molecule has 164 valence electrons. The van der Waals surface area contributed by atoms with Gasteiger partial charge in [0.2, 0.25) is 5.91 Å². The molecule has 0 saturated carbocycles. The monoisotopic (exact) mass is 491 g/mol. The van der Waals surface area contributed by atoms with Crippen LogP contribution in [0.5, 0.6) is 0 Å². The number of halogens is 3. The van der Waals surface area contributed by atoms with E-state index < -0.39 is 23.0 Å². The highest BCUT2D eigenvalue weighted by atomic mass is 35.5. The summed E-state index contributed by atoms with van der Waals surface area (Å²) in [5, 5.41) is 3.20. The Labute approximate surface area is 195 Å². The Hall–Kier alpha value is -2.94. The van der Waals surface area contributed by atoms with Crippen LogP contribution < -0.4 is 16.6 Å². The third kappa shape index (κ3) is 3.97. The van der Waals surface area contributed by atoms with E-state index >= 15 is 0 Å². The van der Waals surface area contributed by atoms with Crippen molar-refractivity contribution in [2.45, 2.75) is 20.4 Å². The van der Waals surface area contributed by atoms with Crippen LogP contribution in [0.4, 0.5) is 10.1 Å². The number of rotatable bonds is 4. The Kier molecular flexibility index (Phi) is 5.94. The summed E-state index contributed by atoms with van der Waals surface area (Å²) >= 11 is 13.0. The second-order valence-corrected chi connectivity index (χ2v) is 9.18. The van der Waals surface area contributed by atoms with Crippen LogP contribution >= 0.6 is 34.5 Å². The van der Waals surface area contributed by atoms with Gasteiger partial charge in [-0.1, -0.05) is 29.3 Å². The predicted molar refractivity (Wildman–Crippen MR) is 126 cm³/mol. The van der Waals surface area contributed by atoms with Gasteiger partial charge in [-0.05, 0) is 55.8 Å². The third-order valence-electron chi connectivity index (χ3n) is 5.02. The Morgan fingerprint density at radius 3 is 2.56 bits per heavy atom. The topological polar surface area (TPSA) is 73.1 Å². The van der Waals surface area contributed by atoms with Gasteiger partial charge in [0, 0.05) is 15.6 Å². The maximum absolute atomic E-state index is 13.7. The van der Waals surface area contributed by atoms with Crippen molar-refractivity contribution in [1.29, 1.82) is 0 Å². The molecular formula is C22H16Cl2FN3O3S. The minimum Gasteiger partial charge on any atom is -0.324 e. The largest absolute Gasteiger partial charge is 0.337 e. The van der Waals surface area contributed by atoms with E-state index in [1.165, 1.54) is 34.1 Å². The second-order valence-electron chi connectivity index (χ2n) is 7.13. The number of aryl methyl sites for hydroxylation is 2. The average Bonchev–Trinajstić information content (AvgIpc) is 3.03. The summed E-state index contributed by atoms with van der Waals surface area (Å²) in [7, 11) is 0. The van der Waals surface area contributed by atoms with Gasteiger partial charge in [0.1, 0.15) is 17.2 Å². The lowest BCUT2D eigenvalue weighted by atomic mass is 10.2. The highest BCUT2D eigenvalue weighted by molar-refractivity contribution is 7.18. The van der Waals surface area contributed by atoms with Crippen molar-refractivity contribution in [1.82, 2.24) is 9.13 Å². The van der Waals surface area contributed by atoms with Crippen LogP contribution in [0.2, 0.25) is 10.0 Å². The number of amides is 1. The molecule has 6 nitrogen and oxygen atoms in total. The number of carbonyl (C=O) groups is 1. The molecule has 0 fully saturated rings. The van der Waals surface area contributed by atoms with Gasteiger partial charge in [0.05, 0.1) is 16.1 Å². The summed E-state index contributed by atoms with van der Waals surface area (Å²) in [5.74, 6) is -1.24. The molecule has 32 heavy (non-hydrogen) atoms. The van der Waals surface area contributed by atoms with E-state index in [0.717, 1.165) is 21.1 Å². The highest BCUT2D eigenvalue weighted by Crippen LogP contribution is 2.27. The fourth-order valence-electron chi connectivity index (χ4n) is 3.36. The van der Waals surface area contributed by atoms with E-state index in [0.29, 0.717) is 20.9 Å². The van der Waals surface area contributed by atoms with Gasteiger partial charge in [-0.15, -0.1) is 11.3 Å². The number of hydrogen-bond donors (Lipinski definition) is 1. The zero-order chi connectivity index (χ0) is 23.2. The standard InChI is InChI=1S/C22H16Cl2FN3O3S/c1-11-12(2)32-21-19(11)20(30)28(15-5-3-4-13(23)8-15)22(31)27(21)10-18(29)26-14-6-7-16(24)17(25)9-14/h3-9H,10H2,1-2H3,(H,26,29). The zero-order valence-electron chi connectivity index (χ0n) is 16.9. The fourth-order valence-corrected chi connectivity index (χ4v) is 4.80. The van der Waals surface area contributed by atoms with Crippen LogP contribution in [0.3, 0.4) is 0 Å². The molecule has 0 unspecified atom stereocenters. The van der Waals surface area contributed by atoms with Crippen LogP contribution in [0.15, 0.2) is 52.1 Å². The van der Waals surface area contributed by atoms with Crippen molar-refractivity contribution >= 4 is 56.3 Å². The molecule has 0 aliphatic heterocycles. The number of fused-ring (bicyclic) bond motifs is 1. The van der Waals surface area contributed by atoms with Crippen LogP contribution in [0.25, 0.3) is 15.9 Å². The van der Waals surface area contributed by atoms with Crippen molar-refractivity contribution in [3.8, 4) is 5.69 Å². The van der Waals surface area contributed by atoms with E-state index in [1.807, 2.05) is 6.92 Å². The number of thiophene rings is 1. The maximum atomic E-state index is 13.7. The average molecular weight is 492 g/mol. The lowest BCUT2D eigenvalue weighted by Crippen LogP contribution is -2.40. The molecule has 0 spiro atoms. The Balaban J connectivity index is 1.86. The summed E-state index contributed by atoms with van der Waals surface area (Å²) in [5.41, 5.74) is 0.0724. The van der Waals surface area contributed by atoms with Gasteiger partial charge in [-0.3, -0.25) is 14.2 Å². The molecule has 0 radical (unpaired) electrons. The molecule has 0 aliphatic rings. The van der Waals surface area contributed by atoms with Gasteiger partial charge < -0.3 is 5.32 Å². The lowest BCUT2D eigenvalue weighted by Gasteiger charge is -2.13. The molecule has 0 atom stereocenters. The second kappa shape index (κ2) is 8.54. The first-order valence-electron chi connectivity index (χ1n) is 9.43. The van der Waals surface area contributed by atoms with Gasteiger partial charge in [0.15, 0.2) is 0 Å². The molecule has 4 rings (SSSR count). The number of benzene rings is 2. The summed E-state index contributed by atoms with van der Waals surface area (Å²) in [4.78, 5) is 40.6. The van der Waals surface area contributed by atoms with Gasteiger partial charge >= 0.3 is 5.69 Å². The number of aromatic nitrogens is 2. The third-order valence-corrected chi connectivity index (χ3v) is 6.79. The SMILES string of the molecule is Cc1sc2c(c1C)c(=O)n(-c1cccc(Cl)c1)c(=O)n2CC(=O)Nc1ccc(Cl)c(F)c1. The van der Waals surface area contributed by atoms with Crippen molar-refractivity contribution in [2.24, 2.45) is 0 Å². The first-order chi connectivity index (χ1) is 15.2. The van der Waals surface area contributed by atoms with Crippen molar-refractivity contribution in [3.05, 3.63) is 89.6 Å².